The molecule has 3 aromatic rings. The molecule has 1 aromatic heterocycles. The molecule has 0 spiro atoms. The number of anilines is 1. The molecule has 0 aliphatic rings. The van der Waals surface area contributed by atoms with E-state index >= 15 is 0 Å². The highest BCUT2D eigenvalue weighted by Gasteiger charge is 2.31. The summed E-state index contributed by atoms with van der Waals surface area (Å²) in [5, 5.41) is 14.0. The Labute approximate surface area is 163 Å². The van der Waals surface area contributed by atoms with E-state index in [-0.39, 0.29) is 18.0 Å². The normalized spacial score (nSPS) is 11.3. The number of non-ortho nitro benzene ring substituents is 1. The van der Waals surface area contributed by atoms with Gasteiger partial charge in [-0.25, -0.2) is 4.98 Å². The van der Waals surface area contributed by atoms with E-state index in [1.54, 1.807) is 30.8 Å². The number of nitro benzene ring substituents is 1. The average Bonchev–Trinajstić information content (AvgIpc) is 3.16. The molecule has 2 aromatic carbocycles. The van der Waals surface area contributed by atoms with Gasteiger partial charge in [-0.15, -0.1) is 0 Å². The van der Waals surface area contributed by atoms with E-state index < -0.39 is 16.7 Å². The Kier molecular flexibility index (Phi) is 5.44. The largest absolute Gasteiger partial charge is 0.493 e. The fraction of sp³-hybridized carbons (Fsp3) is 0.211. The number of hydrogen-bond acceptors (Lipinski definition) is 5. The van der Waals surface area contributed by atoms with Crippen molar-refractivity contribution in [1.29, 1.82) is 0 Å². The Morgan fingerprint density at radius 2 is 2.00 bits per heavy atom. The predicted octanol–water partition coefficient (Wildman–Crippen LogP) is 4.91. The quantitative estimate of drug-likeness (QED) is 0.465. The summed E-state index contributed by atoms with van der Waals surface area (Å²) in [7, 11) is 1.67. The summed E-state index contributed by atoms with van der Waals surface area (Å²) in [5.74, 6) is 0.0560. The summed E-state index contributed by atoms with van der Waals surface area (Å²) in [5.41, 5.74) is 0.937. The summed E-state index contributed by atoms with van der Waals surface area (Å²) < 4.78 is 46.0. The maximum Gasteiger partial charge on any atom is 0.416 e. The van der Waals surface area contributed by atoms with Gasteiger partial charge in [-0.05, 0) is 31.2 Å². The lowest BCUT2D eigenvalue weighted by Gasteiger charge is -2.13. The lowest BCUT2D eigenvalue weighted by atomic mass is 10.1. The molecular formula is C19H17F3N4O3. The molecular weight excluding hydrogens is 389 g/mol. The van der Waals surface area contributed by atoms with Crippen molar-refractivity contribution >= 4 is 11.4 Å². The minimum atomic E-state index is -4.49. The van der Waals surface area contributed by atoms with E-state index in [1.807, 2.05) is 0 Å². The number of rotatable bonds is 6. The zero-order chi connectivity index (χ0) is 21.2. The van der Waals surface area contributed by atoms with Gasteiger partial charge in [-0.3, -0.25) is 10.1 Å². The molecule has 0 aliphatic heterocycles. The van der Waals surface area contributed by atoms with Crippen molar-refractivity contribution < 1.29 is 22.8 Å². The van der Waals surface area contributed by atoms with Gasteiger partial charge in [0.1, 0.15) is 5.75 Å². The molecule has 1 heterocycles. The molecule has 0 bridgehead atoms. The fourth-order valence-electron chi connectivity index (χ4n) is 2.84. The number of imidazole rings is 1. The third-order valence-corrected chi connectivity index (χ3v) is 4.21. The molecule has 7 nitrogen and oxygen atoms in total. The number of ether oxygens (including phenoxy) is 1. The zero-order valence-electron chi connectivity index (χ0n) is 15.5. The lowest BCUT2D eigenvalue weighted by molar-refractivity contribution is -0.384. The molecule has 0 atom stereocenters. The second-order valence-corrected chi connectivity index (χ2v) is 6.02. The molecule has 0 fully saturated rings. The van der Waals surface area contributed by atoms with Crippen molar-refractivity contribution in [2.24, 2.45) is 0 Å². The Hall–Kier alpha value is -3.56. The molecule has 3 rings (SSSR count). The second kappa shape index (κ2) is 7.82. The molecule has 0 saturated heterocycles. The topological polar surface area (TPSA) is 82.2 Å². The van der Waals surface area contributed by atoms with Crippen molar-refractivity contribution in [3.05, 3.63) is 64.6 Å². The van der Waals surface area contributed by atoms with Crippen LogP contribution in [0.15, 0.2) is 48.9 Å². The van der Waals surface area contributed by atoms with E-state index in [1.165, 1.54) is 24.5 Å². The number of nitrogens with zero attached hydrogens (tertiary/aromatic N) is 3. The lowest BCUT2D eigenvalue weighted by Crippen LogP contribution is -2.06. The Morgan fingerprint density at radius 3 is 2.62 bits per heavy atom. The van der Waals surface area contributed by atoms with Gasteiger partial charge in [0.25, 0.3) is 5.69 Å². The Balaban J connectivity index is 2.07. The first-order valence-corrected chi connectivity index (χ1v) is 8.59. The van der Waals surface area contributed by atoms with E-state index in [9.17, 15) is 23.3 Å². The van der Waals surface area contributed by atoms with Crippen LogP contribution in [-0.4, -0.2) is 28.1 Å². The van der Waals surface area contributed by atoms with E-state index in [4.69, 9.17) is 4.74 Å². The maximum absolute atomic E-state index is 13.0. The van der Waals surface area contributed by atoms with E-state index in [0.29, 0.717) is 22.6 Å². The number of hydrogen-bond donors (Lipinski definition) is 1. The molecule has 0 amide bonds. The highest BCUT2D eigenvalue weighted by atomic mass is 19.4. The maximum atomic E-state index is 13.0. The van der Waals surface area contributed by atoms with Crippen LogP contribution in [0.4, 0.5) is 24.5 Å². The van der Waals surface area contributed by atoms with Crippen molar-refractivity contribution in [2.45, 2.75) is 13.1 Å². The van der Waals surface area contributed by atoms with Crippen LogP contribution in [0.25, 0.3) is 16.9 Å². The number of benzene rings is 2. The summed E-state index contributed by atoms with van der Waals surface area (Å²) in [6.07, 6.45) is -1.48. The van der Waals surface area contributed by atoms with Crippen LogP contribution >= 0.6 is 0 Å². The molecule has 29 heavy (non-hydrogen) atoms. The van der Waals surface area contributed by atoms with Gasteiger partial charge in [0.2, 0.25) is 0 Å². The third kappa shape index (κ3) is 4.15. The van der Waals surface area contributed by atoms with Gasteiger partial charge in [-0.2, -0.15) is 13.2 Å². The highest BCUT2D eigenvalue weighted by Crippen LogP contribution is 2.37. The van der Waals surface area contributed by atoms with Crippen LogP contribution in [0.1, 0.15) is 12.5 Å². The fourth-order valence-corrected chi connectivity index (χ4v) is 2.84. The zero-order valence-corrected chi connectivity index (χ0v) is 15.5. The van der Waals surface area contributed by atoms with Crippen LogP contribution in [-0.2, 0) is 6.18 Å². The number of halogens is 3. The standard InChI is InChI=1S/C19H17F3N4O3/c1-3-29-18-8-12(19(20,21)22)4-6-14(18)16-10-25(11-24-16)17-9-13(26(27)28)5-7-15(17)23-2/h4-11,23H,3H2,1-2H3. The van der Waals surface area contributed by atoms with Crippen molar-refractivity contribution in [3.8, 4) is 22.7 Å². The third-order valence-electron chi connectivity index (χ3n) is 4.21. The van der Waals surface area contributed by atoms with Crippen molar-refractivity contribution in [1.82, 2.24) is 9.55 Å². The van der Waals surface area contributed by atoms with Crippen LogP contribution in [0.2, 0.25) is 0 Å². The van der Waals surface area contributed by atoms with Crippen molar-refractivity contribution in [3.63, 3.8) is 0 Å². The first-order chi connectivity index (χ1) is 13.7. The van der Waals surface area contributed by atoms with Gasteiger partial charge in [0, 0.05) is 30.9 Å². The molecule has 152 valence electrons. The monoisotopic (exact) mass is 406 g/mol. The van der Waals surface area contributed by atoms with E-state index in [0.717, 1.165) is 12.1 Å². The number of alkyl halides is 3. The average molecular weight is 406 g/mol. The SMILES string of the molecule is CCOc1cc(C(F)(F)F)ccc1-c1cn(-c2cc([N+](=O)[O-])ccc2NC)cn1. The molecule has 0 saturated carbocycles. The van der Waals surface area contributed by atoms with Gasteiger partial charge >= 0.3 is 6.18 Å². The van der Waals surface area contributed by atoms with E-state index in [2.05, 4.69) is 10.3 Å². The summed E-state index contributed by atoms with van der Waals surface area (Å²) in [6, 6.07) is 7.51. The van der Waals surface area contributed by atoms with Crippen molar-refractivity contribution in [2.75, 3.05) is 19.0 Å². The minimum Gasteiger partial charge on any atom is -0.493 e. The van der Waals surface area contributed by atoms with Crippen LogP contribution < -0.4 is 10.1 Å². The van der Waals surface area contributed by atoms with Gasteiger partial charge < -0.3 is 14.6 Å². The minimum absolute atomic E-state index is 0.0560. The highest BCUT2D eigenvalue weighted by molar-refractivity contribution is 5.70. The Bertz CT molecular complexity index is 1050. The van der Waals surface area contributed by atoms with Crippen LogP contribution in [0.3, 0.4) is 0 Å². The number of nitro groups is 1. The number of aromatic nitrogens is 2. The molecule has 0 aliphatic carbocycles. The first kappa shape index (κ1) is 20.2. The molecule has 10 heteroatoms. The van der Waals surface area contributed by atoms with Gasteiger partial charge in [-0.1, -0.05) is 0 Å². The van der Waals surface area contributed by atoms with Crippen LogP contribution in [0, 0.1) is 10.1 Å². The van der Waals surface area contributed by atoms with Crippen LogP contribution in [0.5, 0.6) is 5.75 Å². The summed E-state index contributed by atoms with van der Waals surface area (Å²) in [4.78, 5) is 14.8. The smallest absolute Gasteiger partial charge is 0.416 e. The molecule has 1 N–H and O–H groups in total. The Morgan fingerprint density at radius 1 is 1.24 bits per heavy atom. The first-order valence-electron chi connectivity index (χ1n) is 8.59. The van der Waals surface area contributed by atoms with Gasteiger partial charge in [0.05, 0.1) is 40.5 Å². The van der Waals surface area contributed by atoms with Gasteiger partial charge in [0.15, 0.2) is 0 Å². The second-order valence-electron chi connectivity index (χ2n) is 6.02. The molecule has 0 unspecified atom stereocenters. The summed E-state index contributed by atoms with van der Waals surface area (Å²) >= 11 is 0. The molecule has 0 radical (unpaired) electrons. The predicted molar refractivity (Wildman–Crippen MR) is 101 cm³/mol. The number of nitrogens with one attached hydrogen (secondary N) is 1. The summed E-state index contributed by atoms with van der Waals surface area (Å²) in [6.45, 7) is 1.86.